The van der Waals surface area contributed by atoms with Crippen LogP contribution in [0.4, 0.5) is 0 Å². The van der Waals surface area contributed by atoms with Gasteiger partial charge < -0.3 is 20.3 Å². The Morgan fingerprint density at radius 3 is 2.67 bits per heavy atom. The minimum absolute atomic E-state index is 0.246. The van der Waals surface area contributed by atoms with Crippen LogP contribution in [0.1, 0.15) is 18.1 Å². The summed E-state index contributed by atoms with van der Waals surface area (Å²) in [6.45, 7) is 5.93. The lowest BCUT2D eigenvalue weighted by Crippen LogP contribution is -2.57. The standard InChI is InChI=1S/C14H21NO3/c1-3-18-12-5-4-11(6-10(12)2)14(8-17-9-14)13(16)7-15/h4-6,13,16H,3,7-9,15H2,1-2H3. The summed E-state index contributed by atoms with van der Waals surface area (Å²) in [5.74, 6) is 0.888. The van der Waals surface area contributed by atoms with Gasteiger partial charge in [0.15, 0.2) is 0 Å². The number of aliphatic hydroxyl groups is 1. The molecular weight excluding hydrogens is 230 g/mol. The molecule has 18 heavy (non-hydrogen) atoms. The lowest BCUT2D eigenvalue weighted by molar-refractivity contribution is -0.116. The number of hydrogen-bond acceptors (Lipinski definition) is 4. The Morgan fingerprint density at radius 1 is 1.50 bits per heavy atom. The van der Waals surface area contributed by atoms with Crippen molar-refractivity contribution in [3.05, 3.63) is 29.3 Å². The summed E-state index contributed by atoms with van der Waals surface area (Å²) in [6, 6.07) is 6.02. The molecule has 0 bridgehead atoms. The molecule has 1 fully saturated rings. The second-order valence-corrected chi connectivity index (χ2v) is 4.81. The van der Waals surface area contributed by atoms with Crippen molar-refractivity contribution in [3.63, 3.8) is 0 Å². The van der Waals surface area contributed by atoms with Crippen LogP contribution in [0.15, 0.2) is 18.2 Å². The van der Waals surface area contributed by atoms with Gasteiger partial charge in [0, 0.05) is 6.54 Å². The number of nitrogens with two attached hydrogens (primary N) is 1. The number of aryl methyl sites for hydroxylation is 1. The van der Waals surface area contributed by atoms with Gasteiger partial charge in [-0.05, 0) is 31.0 Å². The summed E-state index contributed by atoms with van der Waals surface area (Å²) < 4.78 is 10.8. The fourth-order valence-corrected chi connectivity index (χ4v) is 2.38. The molecule has 4 heteroatoms. The molecule has 1 aromatic rings. The van der Waals surface area contributed by atoms with Gasteiger partial charge in [0.05, 0.1) is 31.3 Å². The molecule has 3 N–H and O–H groups in total. The second-order valence-electron chi connectivity index (χ2n) is 4.81. The van der Waals surface area contributed by atoms with Gasteiger partial charge in [0.2, 0.25) is 0 Å². The lowest BCUT2D eigenvalue weighted by atomic mass is 9.73. The van der Waals surface area contributed by atoms with Gasteiger partial charge in [0.25, 0.3) is 0 Å². The molecule has 0 radical (unpaired) electrons. The average Bonchev–Trinajstić information content (AvgIpc) is 2.31. The molecule has 1 saturated heterocycles. The average molecular weight is 251 g/mol. The Labute approximate surface area is 108 Å². The van der Waals surface area contributed by atoms with Crippen molar-refractivity contribution in [2.75, 3.05) is 26.4 Å². The number of rotatable bonds is 5. The summed E-state index contributed by atoms with van der Waals surface area (Å²) in [7, 11) is 0. The van der Waals surface area contributed by atoms with Crippen molar-refractivity contribution in [1.82, 2.24) is 0 Å². The van der Waals surface area contributed by atoms with E-state index in [1.807, 2.05) is 26.0 Å². The Bertz CT molecular complexity index is 416. The minimum atomic E-state index is -0.566. The Hall–Kier alpha value is -1.10. The predicted octanol–water partition coefficient (Wildman–Crippen LogP) is 0.981. The monoisotopic (exact) mass is 251 g/mol. The quantitative estimate of drug-likeness (QED) is 0.819. The number of ether oxygens (including phenoxy) is 2. The molecule has 0 aliphatic carbocycles. The maximum absolute atomic E-state index is 10.1. The molecule has 2 rings (SSSR count). The van der Waals surface area contributed by atoms with E-state index in [2.05, 4.69) is 6.07 Å². The van der Waals surface area contributed by atoms with E-state index in [1.165, 1.54) is 0 Å². The highest BCUT2D eigenvalue weighted by Crippen LogP contribution is 2.37. The minimum Gasteiger partial charge on any atom is -0.494 e. The van der Waals surface area contributed by atoms with Crippen molar-refractivity contribution in [2.24, 2.45) is 5.73 Å². The van der Waals surface area contributed by atoms with Gasteiger partial charge in [-0.2, -0.15) is 0 Å². The molecule has 1 unspecified atom stereocenters. The summed E-state index contributed by atoms with van der Waals surface area (Å²) in [4.78, 5) is 0. The highest BCUT2D eigenvalue weighted by molar-refractivity contribution is 5.41. The first kappa shape index (κ1) is 13.3. The molecule has 1 aliphatic heterocycles. The summed E-state index contributed by atoms with van der Waals surface area (Å²) in [5, 5.41) is 10.1. The Morgan fingerprint density at radius 2 is 2.22 bits per heavy atom. The molecule has 0 spiro atoms. The summed E-state index contributed by atoms with van der Waals surface area (Å²) >= 11 is 0. The van der Waals surface area contributed by atoms with E-state index >= 15 is 0 Å². The highest BCUT2D eigenvalue weighted by atomic mass is 16.5. The third-order valence-electron chi connectivity index (χ3n) is 3.63. The van der Waals surface area contributed by atoms with Gasteiger partial charge in [0.1, 0.15) is 5.75 Å². The van der Waals surface area contributed by atoms with Crippen LogP contribution in [0.3, 0.4) is 0 Å². The number of aliphatic hydroxyl groups excluding tert-OH is 1. The molecule has 4 nitrogen and oxygen atoms in total. The van der Waals surface area contributed by atoms with Crippen LogP contribution >= 0.6 is 0 Å². The number of hydrogen-bond donors (Lipinski definition) is 2. The molecule has 1 heterocycles. The fraction of sp³-hybridized carbons (Fsp3) is 0.571. The lowest BCUT2D eigenvalue weighted by Gasteiger charge is -2.45. The maximum Gasteiger partial charge on any atom is 0.122 e. The third-order valence-corrected chi connectivity index (χ3v) is 3.63. The van der Waals surface area contributed by atoms with Crippen LogP contribution in [0.5, 0.6) is 5.75 Å². The van der Waals surface area contributed by atoms with Crippen molar-refractivity contribution in [2.45, 2.75) is 25.4 Å². The molecule has 0 amide bonds. The zero-order valence-corrected chi connectivity index (χ0v) is 11.0. The van der Waals surface area contributed by atoms with Gasteiger partial charge in [-0.15, -0.1) is 0 Å². The van der Waals surface area contributed by atoms with Crippen LogP contribution in [0.2, 0.25) is 0 Å². The predicted molar refractivity (Wildman–Crippen MR) is 69.9 cm³/mol. The van der Waals surface area contributed by atoms with E-state index in [-0.39, 0.29) is 12.0 Å². The first-order valence-electron chi connectivity index (χ1n) is 6.34. The van der Waals surface area contributed by atoms with Crippen molar-refractivity contribution < 1.29 is 14.6 Å². The topological polar surface area (TPSA) is 64.7 Å². The second kappa shape index (κ2) is 5.26. The van der Waals surface area contributed by atoms with Crippen LogP contribution in [0, 0.1) is 6.92 Å². The van der Waals surface area contributed by atoms with Crippen molar-refractivity contribution in [3.8, 4) is 5.75 Å². The fourth-order valence-electron chi connectivity index (χ4n) is 2.38. The normalized spacial score (nSPS) is 19.1. The van der Waals surface area contributed by atoms with Gasteiger partial charge in [-0.25, -0.2) is 0 Å². The van der Waals surface area contributed by atoms with Crippen molar-refractivity contribution in [1.29, 1.82) is 0 Å². The van der Waals surface area contributed by atoms with Gasteiger partial charge >= 0.3 is 0 Å². The molecule has 100 valence electrons. The molecule has 0 aromatic heterocycles. The van der Waals surface area contributed by atoms with Crippen LogP contribution < -0.4 is 10.5 Å². The first-order chi connectivity index (χ1) is 8.64. The molecule has 1 atom stereocenters. The van der Waals surface area contributed by atoms with E-state index in [0.29, 0.717) is 19.8 Å². The van der Waals surface area contributed by atoms with E-state index in [9.17, 15) is 5.11 Å². The molecule has 0 saturated carbocycles. The molecular formula is C14H21NO3. The van der Waals surface area contributed by atoms with Crippen LogP contribution in [-0.4, -0.2) is 37.6 Å². The van der Waals surface area contributed by atoms with Gasteiger partial charge in [-0.1, -0.05) is 12.1 Å². The van der Waals surface area contributed by atoms with E-state index in [0.717, 1.165) is 16.9 Å². The smallest absolute Gasteiger partial charge is 0.122 e. The molecule has 1 aliphatic rings. The number of benzene rings is 1. The summed E-state index contributed by atoms with van der Waals surface area (Å²) in [6.07, 6.45) is -0.566. The third kappa shape index (κ3) is 2.11. The van der Waals surface area contributed by atoms with Crippen LogP contribution in [0.25, 0.3) is 0 Å². The van der Waals surface area contributed by atoms with E-state index in [1.54, 1.807) is 0 Å². The van der Waals surface area contributed by atoms with Gasteiger partial charge in [-0.3, -0.25) is 0 Å². The zero-order valence-electron chi connectivity index (χ0n) is 11.0. The van der Waals surface area contributed by atoms with E-state index < -0.39 is 6.10 Å². The Balaban J connectivity index is 2.30. The Kier molecular flexibility index (Phi) is 3.90. The largest absolute Gasteiger partial charge is 0.494 e. The first-order valence-corrected chi connectivity index (χ1v) is 6.34. The van der Waals surface area contributed by atoms with Crippen molar-refractivity contribution >= 4 is 0 Å². The summed E-state index contributed by atoms with van der Waals surface area (Å²) in [5.41, 5.74) is 7.40. The zero-order chi connectivity index (χ0) is 13.2. The molecule has 1 aromatic carbocycles. The van der Waals surface area contributed by atoms with Crippen LogP contribution in [-0.2, 0) is 10.2 Å². The SMILES string of the molecule is CCOc1ccc(C2(C(O)CN)COC2)cc1C. The van der Waals surface area contributed by atoms with E-state index in [4.69, 9.17) is 15.2 Å². The maximum atomic E-state index is 10.1. The highest BCUT2D eigenvalue weighted by Gasteiger charge is 2.46.